The van der Waals surface area contributed by atoms with Gasteiger partial charge in [0.15, 0.2) is 11.0 Å². The summed E-state index contributed by atoms with van der Waals surface area (Å²) < 4.78 is 14.6. The molecule has 0 saturated carbocycles. The summed E-state index contributed by atoms with van der Waals surface area (Å²) in [6.07, 6.45) is 2.24. The second-order valence-corrected chi connectivity index (χ2v) is 9.48. The van der Waals surface area contributed by atoms with Crippen molar-refractivity contribution in [3.05, 3.63) is 51.4 Å². The monoisotopic (exact) mass is 470 g/mol. The molecular weight excluding hydrogens is 448 g/mol. The first kappa shape index (κ1) is 21.1. The summed E-state index contributed by atoms with van der Waals surface area (Å²) in [5.74, 6) is 2.16. The van der Waals surface area contributed by atoms with E-state index in [4.69, 9.17) is 9.47 Å². The lowest BCUT2D eigenvalue weighted by Crippen LogP contribution is -2.16. The van der Waals surface area contributed by atoms with Gasteiger partial charge in [-0.2, -0.15) is 9.61 Å². The van der Waals surface area contributed by atoms with E-state index in [1.165, 1.54) is 21.9 Å². The minimum absolute atomic E-state index is 0.149. The summed E-state index contributed by atoms with van der Waals surface area (Å²) in [5, 5.41) is 15.0. The van der Waals surface area contributed by atoms with Crippen LogP contribution in [0.25, 0.3) is 16.3 Å². The molecule has 0 N–H and O–H groups in total. The summed E-state index contributed by atoms with van der Waals surface area (Å²) in [7, 11) is 1.65. The Morgan fingerprint density at radius 2 is 2.12 bits per heavy atom. The summed E-state index contributed by atoms with van der Waals surface area (Å²) in [6, 6.07) is 9.29. The van der Waals surface area contributed by atoms with Crippen molar-refractivity contribution in [2.45, 2.75) is 43.3 Å². The van der Waals surface area contributed by atoms with Crippen LogP contribution in [0.2, 0.25) is 0 Å². The van der Waals surface area contributed by atoms with Crippen LogP contribution in [0.1, 0.15) is 23.5 Å². The van der Waals surface area contributed by atoms with Gasteiger partial charge in [-0.25, -0.2) is 4.98 Å². The van der Waals surface area contributed by atoms with E-state index in [-0.39, 0.29) is 11.7 Å². The van der Waals surface area contributed by atoms with Gasteiger partial charge >= 0.3 is 0 Å². The first-order valence-electron chi connectivity index (χ1n) is 10.3. The van der Waals surface area contributed by atoms with Gasteiger partial charge in [0, 0.05) is 23.9 Å². The number of ether oxygens (including phenoxy) is 2. The van der Waals surface area contributed by atoms with Crippen LogP contribution in [0.5, 0.6) is 5.75 Å². The van der Waals surface area contributed by atoms with Crippen molar-refractivity contribution in [1.29, 1.82) is 0 Å². The fourth-order valence-corrected chi connectivity index (χ4v) is 5.53. The summed E-state index contributed by atoms with van der Waals surface area (Å²) in [5.41, 5.74) is 1.50. The van der Waals surface area contributed by atoms with Crippen molar-refractivity contribution in [2.24, 2.45) is 0 Å². The molecule has 0 bridgehead atoms. The molecule has 1 fully saturated rings. The van der Waals surface area contributed by atoms with E-state index >= 15 is 0 Å². The molecule has 1 aliphatic heterocycles. The molecule has 9 nitrogen and oxygen atoms in total. The number of hydrogen-bond acceptors (Lipinski definition) is 9. The second-order valence-electron chi connectivity index (χ2n) is 7.49. The average Bonchev–Trinajstić information content (AvgIpc) is 3.53. The zero-order chi connectivity index (χ0) is 22.1. The van der Waals surface area contributed by atoms with Gasteiger partial charge in [0.1, 0.15) is 10.8 Å². The highest BCUT2D eigenvalue weighted by Gasteiger charge is 2.22. The SMILES string of the molecule is COc1ccc(-c2nnc(SCc3nn4c(=O)cc(C)nc4s3)n2CC2CCCO2)cc1. The number of aromatic nitrogens is 6. The van der Waals surface area contributed by atoms with Crippen LogP contribution in [0, 0.1) is 6.92 Å². The van der Waals surface area contributed by atoms with E-state index in [0.29, 0.717) is 23.0 Å². The largest absolute Gasteiger partial charge is 0.497 e. The standard InChI is InChI=1S/C21H22N6O3S2/c1-13-10-18(28)27-20(22-13)32-17(25-27)12-31-21-24-23-19(14-5-7-15(29-2)8-6-14)26(21)11-16-4-3-9-30-16/h5-8,10,16H,3-4,9,11-12H2,1-2H3. The molecule has 0 radical (unpaired) electrons. The minimum Gasteiger partial charge on any atom is -0.497 e. The summed E-state index contributed by atoms with van der Waals surface area (Å²) in [4.78, 5) is 17.2. The topological polar surface area (TPSA) is 96.4 Å². The van der Waals surface area contributed by atoms with E-state index in [2.05, 4.69) is 24.8 Å². The Kier molecular flexibility index (Phi) is 5.94. The molecule has 4 heterocycles. The van der Waals surface area contributed by atoms with Gasteiger partial charge in [-0.3, -0.25) is 9.36 Å². The molecule has 1 aliphatic rings. The van der Waals surface area contributed by atoms with Crippen molar-refractivity contribution >= 4 is 28.1 Å². The third-order valence-corrected chi connectivity index (χ3v) is 7.28. The molecule has 1 atom stereocenters. The first-order valence-corrected chi connectivity index (χ1v) is 12.1. The third kappa shape index (κ3) is 4.27. The molecule has 1 aromatic carbocycles. The van der Waals surface area contributed by atoms with Crippen LogP contribution in [0.15, 0.2) is 40.3 Å². The second kappa shape index (κ2) is 9.00. The van der Waals surface area contributed by atoms with Crippen LogP contribution < -0.4 is 10.3 Å². The zero-order valence-electron chi connectivity index (χ0n) is 17.7. The van der Waals surface area contributed by atoms with Crippen molar-refractivity contribution in [1.82, 2.24) is 29.4 Å². The molecule has 11 heteroatoms. The zero-order valence-corrected chi connectivity index (χ0v) is 19.4. The molecule has 0 amide bonds. The van der Waals surface area contributed by atoms with E-state index in [1.54, 1.807) is 18.9 Å². The summed E-state index contributed by atoms with van der Waals surface area (Å²) >= 11 is 2.96. The van der Waals surface area contributed by atoms with Gasteiger partial charge < -0.3 is 9.47 Å². The predicted molar refractivity (Wildman–Crippen MR) is 122 cm³/mol. The van der Waals surface area contributed by atoms with Crippen LogP contribution >= 0.6 is 23.1 Å². The molecule has 0 spiro atoms. The number of hydrogen-bond donors (Lipinski definition) is 0. The van der Waals surface area contributed by atoms with E-state index in [0.717, 1.165) is 46.7 Å². The number of methoxy groups -OCH3 is 1. The molecule has 5 rings (SSSR count). The Morgan fingerprint density at radius 1 is 1.28 bits per heavy atom. The maximum absolute atomic E-state index is 12.2. The Morgan fingerprint density at radius 3 is 2.88 bits per heavy atom. The number of rotatable bonds is 7. The Balaban J connectivity index is 1.43. The lowest BCUT2D eigenvalue weighted by atomic mass is 10.2. The number of benzene rings is 1. The molecule has 3 aromatic heterocycles. The van der Waals surface area contributed by atoms with Gasteiger partial charge in [0.2, 0.25) is 4.96 Å². The lowest BCUT2D eigenvalue weighted by Gasteiger charge is -2.14. The molecular formula is C21H22N6O3S2. The predicted octanol–water partition coefficient (Wildman–Crippen LogP) is 3.20. The van der Waals surface area contributed by atoms with E-state index in [9.17, 15) is 4.79 Å². The van der Waals surface area contributed by atoms with Crippen LogP contribution in [-0.2, 0) is 17.0 Å². The van der Waals surface area contributed by atoms with Crippen LogP contribution in [0.3, 0.4) is 0 Å². The summed E-state index contributed by atoms with van der Waals surface area (Å²) in [6.45, 7) is 3.29. The normalized spacial score (nSPS) is 16.1. The van der Waals surface area contributed by atoms with Gasteiger partial charge in [0.25, 0.3) is 5.56 Å². The highest BCUT2D eigenvalue weighted by Crippen LogP contribution is 2.30. The highest BCUT2D eigenvalue weighted by atomic mass is 32.2. The van der Waals surface area contributed by atoms with Crippen molar-refractivity contribution < 1.29 is 9.47 Å². The van der Waals surface area contributed by atoms with E-state index < -0.39 is 0 Å². The maximum Gasteiger partial charge on any atom is 0.275 e. The molecule has 4 aromatic rings. The highest BCUT2D eigenvalue weighted by molar-refractivity contribution is 7.98. The van der Waals surface area contributed by atoms with Gasteiger partial charge in [-0.15, -0.1) is 10.2 Å². The smallest absolute Gasteiger partial charge is 0.275 e. The first-order chi connectivity index (χ1) is 15.6. The Labute approximate surface area is 192 Å². The van der Waals surface area contributed by atoms with Crippen molar-refractivity contribution in [2.75, 3.05) is 13.7 Å². The Hall–Kier alpha value is -2.76. The minimum atomic E-state index is -0.164. The molecule has 32 heavy (non-hydrogen) atoms. The average molecular weight is 471 g/mol. The van der Waals surface area contributed by atoms with Gasteiger partial charge in [-0.05, 0) is 44.0 Å². The number of aryl methyl sites for hydroxylation is 1. The fraction of sp³-hybridized carbons (Fsp3) is 0.381. The number of fused-ring (bicyclic) bond motifs is 1. The quantitative estimate of drug-likeness (QED) is 0.380. The molecule has 1 saturated heterocycles. The molecule has 166 valence electrons. The number of thioether (sulfide) groups is 1. The van der Waals surface area contributed by atoms with Gasteiger partial charge in [-0.1, -0.05) is 23.1 Å². The Bertz CT molecular complexity index is 1290. The number of nitrogens with zero attached hydrogens (tertiary/aromatic N) is 6. The van der Waals surface area contributed by atoms with Gasteiger partial charge in [0.05, 0.1) is 25.5 Å². The maximum atomic E-state index is 12.2. The molecule has 0 aliphatic carbocycles. The fourth-order valence-electron chi connectivity index (χ4n) is 3.65. The molecule has 1 unspecified atom stereocenters. The lowest BCUT2D eigenvalue weighted by molar-refractivity contribution is 0.0953. The van der Waals surface area contributed by atoms with Crippen molar-refractivity contribution in [3.63, 3.8) is 0 Å². The van der Waals surface area contributed by atoms with Crippen molar-refractivity contribution in [3.8, 4) is 17.1 Å². The van der Waals surface area contributed by atoms with Crippen LogP contribution in [-0.4, -0.2) is 49.2 Å². The van der Waals surface area contributed by atoms with E-state index in [1.807, 2.05) is 31.2 Å². The third-order valence-electron chi connectivity index (χ3n) is 5.21. The van der Waals surface area contributed by atoms with Crippen LogP contribution in [0.4, 0.5) is 0 Å².